The van der Waals surface area contributed by atoms with Crippen molar-refractivity contribution in [1.82, 2.24) is 4.90 Å². The lowest BCUT2D eigenvalue weighted by Crippen LogP contribution is -2.67. The molecule has 0 bridgehead atoms. The minimum absolute atomic E-state index is 0.172. The normalized spacial score (nSPS) is 27.8. The lowest BCUT2D eigenvalue weighted by atomic mass is 9.83. The van der Waals surface area contributed by atoms with Gasteiger partial charge in [0.15, 0.2) is 9.84 Å². The number of hydrogen-bond donors (Lipinski definition) is 0. The Hall–Kier alpha value is -0.430. The van der Waals surface area contributed by atoms with Crippen LogP contribution in [0.1, 0.15) is 18.9 Å². The molecule has 2 fully saturated rings. The molecule has 6 heteroatoms. The highest BCUT2D eigenvalue weighted by molar-refractivity contribution is 7.93. The molecule has 2 saturated heterocycles. The Morgan fingerprint density at radius 3 is 2.95 bits per heavy atom. The van der Waals surface area contributed by atoms with Gasteiger partial charge in [0, 0.05) is 32.2 Å². The first-order valence-corrected chi connectivity index (χ1v) is 9.70. The molecule has 3 rings (SSSR count). The van der Waals surface area contributed by atoms with E-state index in [4.69, 9.17) is 4.74 Å². The molecule has 0 aromatic carbocycles. The highest BCUT2D eigenvalue weighted by atomic mass is 32.2. The molecule has 2 aliphatic rings. The Kier molecular flexibility index (Phi) is 3.92. The zero-order chi connectivity index (χ0) is 14.2. The van der Waals surface area contributed by atoms with Crippen molar-refractivity contribution in [3.63, 3.8) is 0 Å². The Labute approximate surface area is 124 Å². The lowest BCUT2D eigenvalue weighted by Gasteiger charge is -2.50. The van der Waals surface area contributed by atoms with Crippen LogP contribution in [0.4, 0.5) is 0 Å². The maximum atomic E-state index is 12.4. The van der Waals surface area contributed by atoms with Gasteiger partial charge in [-0.15, -0.1) is 0 Å². The topological polar surface area (TPSA) is 46.6 Å². The van der Waals surface area contributed by atoms with E-state index in [1.165, 1.54) is 5.56 Å². The molecule has 0 radical (unpaired) electrons. The number of nitrogens with zero attached hydrogens (tertiary/aromatic N) is 1. The second-order valence-corrected chi connectivity index (χ2v) is 9.04. The summed E-state index contributed by atoms with van der Waals surface area (Å²) >= 11 is 1.69. The maximum absolute atomic E-state index is 12.4. The Balaban J connectivity index is 1.68. The van der Waals surface area contributed by atoms with Gasteiger partial charge in [0.1, 0.15) is 4.75 Å². The predicted molar refractivity (Wildman–Crippen MR) is 80.7 cm³/mol. The second kappa shape index (κ2) is 5.40. The minimum atomic E-state index is -2.96. The number of hydrogen-bond acceptors (Lipinski definition) is 5. The van der Waals surface area contributed by atoms with E-state index in [1.54, 1.807) is 11.3 Å². The third kappa shape index (κ3) is 2.32. The van der Waals surface area contributed by atoms with Gasteiger partial charge < -0.3 is 4.74 Å². The van der Waals surface area contributed by atoms with Crippen LogP contribution in [0.2, 0.25) is 0 Å². The first-order valence-electron chi connectivity index (χ1n) is 7.11. The standard InChI is InChI=1S/C14H21NO3S2/c1-2-18-8-13-4-6-20(16,17)14(13)10-15(11-14)7-12-3-5-19-9-12/h3,5,9,13H,2,4,6-8,10-11H2,1H3/t13-/m1/s1. The molecule has 0 unspecified atom stereocenters. The van der Waals surface area contributed by atoms with Crippen molar-refractivity contribution in [1.29, 1.82) is 0 Å². The van der Waals surface area contributed by atoms with E-state index in [-0.39, 0.29) is 5.92 Å². The lowest BCUT2D eigenvalue weighted by molar-refractivity contribution is 0.0292. The quantitative estimate of drug-likeness (QED) is 0.831. The SMILES string of the molecule is CCOC[C@H]1CCS(=O)(=O)C12CN(Cc1ccsc1)C2. The summed E-state index contributed by atoms with van der Waals surface area (Å²) in [4.78, 5) is 2.24. The molecule has 0 aliphatic carbocycles. The monoisotopic (exact) mass is 315 g/mol. The van der Waals surface area contributed by atoms with Gasteiger partial charge in [0.25, 0.3) is 0 Å². The van der Waals surface area contributed by atoms with Gasteiger partial charge in [-0.25, -0.2) is 8.42 Å². The average Bonchev–Trinajstić information content (AvgIpc) is 2.94. The van der Waals surface area contributed by atoms with Gasteiger partial charge in [0.2, 0.25) is 0 Å². The number of ether oxygens (including phenoxy) is 1. The number of sulfone groups is 1. The van der Waals surface area contributed by atoms with Crippen LogP contribution >= 0.6 is 11.3 Å². The average molecular weight is 315 g/mol. The van der Waals surface area contributed by atoms with Crippen molar-refractivity contribution in [2.45, 2.75) is 24.6 Å². The van der Waals surface area contributed by atoms with E-state index in [0.717, 1.165) is 13.0 Å². The predicted octanol–water partition coefficient (Wildman–Crippen LogP) is 1.77. The second-order valence-electron chi connectivity index (χ2n) is 5.81. The highest BCUT2D eigenvalue weighted by Crippen LogP contribution is 2.45. The van der Waals surface area contributed by atoms with Crippen LogP contribution in [0, 0.1) is 5.92 Å². The first kappa shape index (κ1) is 14.5. The molecule has 0 saturated carbocycles. The summed E-state index contributed by atoms with van der Waals surface area (Å²) in [5.41, 5.74) is 1.28. The zero-order valence-electron chi connectivity index (χ0n) is 11.7. The van der Waals surface area contributed by atoms with E-state index in [0.29, 0.717) is 32.1 Å². The fourth-order valence-electron chi connectivity index (χ4n) is 3.43. The van der Waals surface area contributed by atoms with Gasteiger partial charge >= 0.3 is 0 Å². The van der Waals surface area contributed by atoms with Crippen LogP contribution < -0.4 is 0 Å². The number of thiophene rings is 1. The smallest absolute Gasteiger partial charge is 0.158 e. The minimum Gasteiger partial charge on any atom is -0.381 e. The Morgan fingerprint density at radius 2 is 2.30 bits per heavy atom. The molecule has 20 heavy (non-hydrogen) atoms. The van der Waals surface area contributed by atoms with E-state index < -0.39 is 14.6 Å². The van der Waals surface area contributed by atoms with Gasteiger partial charge in [-0.3, -0.25) is 4.90 Å². The Morgan fingerprint density at radius 1 is 1.50 bits per heavy atom. The molecule has 112 valence electrons. The molecule has 1 spiro atoms. The maximum Gasteiger partial charge on any atom is 0.158 e. The third-order valence-electron chi connectivity index (χ3n) is 4.59. The van der Waals surface area contributed by atoms with Crippen LogP contribution in [0.3, 0.4) is 0 Å². The van der Waals surface area contributed by atoms with Crippen molar-refractivity contribution in [3.05, 3.63) is 22.4 Å². The molecule has 2 aliphatic heterocycles. The van der Waals surface area contributed by atoms with E-state index in [2.05, 4.69) is 21.7 Å². The summed E-state index contributed by atoms with van der Waals surface area (Å²) in [5, 5.41) is 4.20. The zero-order valence-corrected chi connectivity index (χ0v) is 13.4. The first-order chi connectivity index (χ1) is 9.57. The summed E-state index contributed by atoms with van der Waals surface area (Å²) in [6.07, 6.45) is 0.759. The largest absolute Gasteiger partial charge is 0.381 e. The summed E-state index contributed by atoms with van der Waals surface area (Å²) in [6.45, 7) is 5.40. The molecule has 1 atom stereocenters. The number of rotatable bonds is 5. The van der Waals surface area contributed by atoms with Gasteiger partial charge in [-0.2, -0.15) is 11.3 Å². The van der Waals surface area contributed by atoms with Crippen molar-refractivity contribution in [2.24, 2.45) is 5.92 Å². The van der Waals surface area contributed by atoms with Crippen LogP contribution in [-0.2, 0) is 21.1 Å². The molecule has 1 aromatic heterocycles. The fourth-order valence-corrected chi connectivity index (χ4v) is 6.54. The van der Waals surface area contributed by atoms with Crippen LogP contribution in [0.5, 0.6) is 0 Å². The molecule has 0 N–H and O–H groups in total. The van der Waals surface area contributed by atoms with E-state index >= 15 is 0 Å². The van der Waals surface area contributed by atoms with Gasteiger partial charge in [-0.1, -0.05) is 0 Å². The van der Waals surface area contributed by atoms with Crippen molar-refractivity contribution in [3.8, 4) is 0 Å². The van der Waals surface area contributed by atoms with Crippen molar-refractivity contribution in [2.75, 3.05) is 32.1 Å². The molecular formula is C14H21NO3S2. The third-order valence-corrected chi connectivity index (χ3v) is 7.93. The molecule has 1 aromatic rings. The van der Waals surface area contributed by atoms with Gasteiger partial charge in [-0.05, 0) is 35.7 Å². The van der Waals surface area contributed by atoms with E-state index in [9.17, 15) is 8.42 Å². The van der Waals surface area contributed by atoms with Crippen LogP contribution in [0.15, 0.2) is 16.8 Å². The summed E-state index contributed by atoms with van der Waals surface area (Å²) in [5.74, 6) is 0.503. The van der Waals surface area contributed by atoms with Crippen molar-refractivity contribution >= 4 is 21.2 Å². The van der Waals surface area contributed by atoms with Crippen LogP contribution in [-0.4, -0.2) is 50.1 Å². The molecule has 3 heterocycles. The summed E-state index contributed by atoms with van der Waals surface area (Å²) in [6, 6.07) is 2.11. The number of likely N-dealkylation sites (tertiary alicyclic amines) is 1. The highest BCUT2D eigenvalue weighted by Gasteiger charge is 2.61. The van der Waals surface area contributed by atoms with Crippen LogP contribution in [0.25, 0.3) is 0 Å². The van der Waals surface area contributed by atoms with Crippen molar-refractivity contribution < 1.29 is 13.2 Å². The molecular weight excluding hydrogens is 294 g/mol. The van der Waals surface area contributed by atoms with E-state index in [1.807, 2.05) is 6.92 Å². The summed E-state index contributed by atoms with van der Waals surface area (Å²) < 4.78 is 29.8. The Bertz CT molecular complexity index is 547. The fraction of sp³-hybridized carbons (Fsp3) is 0.714. The molecule has 4 nitrogen and oxygen atoms in total. The summed E-state index contributed by atoms with van der Waals surface area (Å²) in [7, 11) is -2.96. The van der Waals surface area contributed by atoms with Gasteiger partial charge in [0.05, 0.1) is 12.4 Å². The molecule has 0 amide bonds.